The van der Waals surface area contributed by atoms with Crippen molar-refractivity contribution in [2.45, 2.75) is 39.5 Å². The Morgan fingerprint density at radius 3 is 2.43 bits per heavy atom. The van der Waals surface area contributed by atoms with E-state index in [-0.39, 0.29) is 0 Å². The van der Waals surface area contributed by atoms with Crippen LogP contribution >= 0.6 is 0 Å². The Balaban J connectivity index is 2.61. The van der Waals surface area contributed by atoms with Gasteiger partial charge < -0.3 is 0 Å². The fourth-order valence-corrected chi connectivity index (χ4v) is 1.99. The maximum absolute atomic E-state index is 4.32. The molecule has 2 nitrogen and oxygen atoms in total. The molecule has 1 fully saturated rings. The SMILES string of the molecule is C=CN=C(N=CC)C1CCC(C)CC1. The van der Waals surface area contributed by atoms with Crippen molar-refractivity contribution in [2.24, 2.45) is 21.8 Å². The molecular formula is C12H20N2. The van der Waals surface area contributed by atoms with E-state index in [1.165, 1.54) is 25.7 Å². The quantitative estimate of drug-likeness (QED) is 0.473. The summed E-state index contributed by atoms with van der Waals surface area (Å²) in [7, 11) is 0. The molecule has 0 spiro atoms. The normalized spacial score (nSPS) is 29.4. The van der Waals surface area contributed by atoms with E-state index in [2.05, 4.69) is 23.5 Å². The average molecular weight is 192 g/mol. The molecule has 0 aromatic rings. The van der Waals surface area contributed by atoms with Crippen molar-refractivity contribution >= 4 is 12.1 Å². The summed E-state index contributed by atoms with van der Waals surface area (Å²) in [6.45, 7) is 7.89. The average Bonchev–Trinajstić information content (AvgIpc) is 2.19. The first kappa shape index (κ1) is 11.2. The van der Waals surface area contributed by atoms with Gasteiger partial charge in [-0.1, -0.05) is 26.3 Å². The van der Waals surface area contributed by atoms with Crippen LogP contribution in [0.4, 0.5) is 0 Å². The van der Waals surface area contributed by atoms with E-state index in [1.807, 2.05) is 13.1 Å². The van der Waals surface area contributed by atoms with Crippen molar-refractivity contribution in [1.82, 2.24) is 0 Å². The van der Waals surface area contributed by atoms with Crippen LogP contribution < -0.4 is 0 Å². The lowest BCUT2D eigenvalue weighted by Crippen LogP contribution is -2.19. The highest BCUT2D eigenvalue weighted by atomic mass is 14.9. The van der Waals surface area contributed by atoms with Gasteiger partial charge in [0.15, 0.2) is 0 Å². The molecule has 1 aliphatic rings. The molecule has 0 saturated heterocycles. The monoisotopic (exact) mass is 192 g/mol. The molecule has 1 rings (SSSR count). The van der Waals surface area contributed by atoms with Crippen LogP contribution in [0.2, 0.25) is 0 Å². The number of aliphatic imine (C=N–C) groups is 2. The highest BCUT2D eigenvalue weighted by molar-refractivity contribution is 5.91. The molecule has 0 aliphatic heterocycles. The molecule has 0 bridgehead atoms. The number of hydrogen-bond donors (Lipinski definition) is 0. The maximum Gasteiger partial charge on any atom is 0.130 e. The summed E-state index contributed by atoms with van der Waals surface area (Å²) in [6.07, 6.45) is 8.48. The molecule has 0 aromatic heterocycles. The molecule has 1 aliphatic carbocycles. The predicted octanol–water partition coefficient (Wildman–Crippen LogP) is 3.45. The maximum atomic E-state index is 4.32. The first-order valence-corrected chi connectivity index (χ1v) is 5.45. The Kier molecular flexibility index (Phi) is 4.57. The summed E-state index contributed by atoms with van der Waals surface area (Å²) in [4.78, 5) is 8.56. The van der Waals surface area contributed by atoms with E-state index in [0.717, 1.165) is 11.8 Å². The summed E-state index contributed by atoms with van der Waals surface area (Å²) in [5, 5.41) is 0. The van der Waals surface area contributed by atoms with Gasteiger partial charge in [0.25, 0.3) is 0 Å². The van der Waals surface area contributed by atoms with Crippen LogP contribution in [-0.2, 0) is 0 Å². The largest absolute Gasteiger partial charge is 0.246 e. The molecule has 78 valence electrons. The Labute approximate surface area is 86.8 Å². The molecule has 0 unspecified atom stereocenters. The van der Waals surface area contributed by atoms with E-state index < -0.39 is 0 Å². The summed E-state index contributed by atoms with van der Waals surface area (Å²) in [5.41, 5.74) is 0. The zero-order chi connectivity index (χ0) is 10.4. The summed E-state index contributed by atoms with van der Waals surface area (Å²) >= 11 is 0. The fourth-order valence-electron chi connectivity index (χ4n) is 1.99. The lowest BCUT2D eigenvalue weighted by molar-refractivity contribution is 0.343. The standard InChI is InChI=1S/C12H20N2/c1-4-13-12(14-5-2)11-8-6-10(3)7-9-11/h4-5,10-11H,1,6-9H2,2-3H3. The van der Waals surface area contributed by atoms with Crippen LogP contribution in [0.3, 0.4) is 0 Å². The lowest BCUT2D eigenvalue weighted by Gasteiger charge is -2.25. The second-order valence-corrected chi connectivity index (χ2v) is 4.01. The van der Waals surface area contributed by atoms with Gasteiger partial charge in [0, 0.05) is 18.3 Å². The Morgan fingerprint density at radius 2 is 1.93 bits per heavy atom. The minimum atomic E-state index is 0.556. The minimum absolute atomic E-state index is 0.556. The van der Waals surface area contributed by atoms with E-state index in [4.69, 9.17) is 0 Å². The molecule has 0 N–H and O–H groups in total. The van der Waals surface area contributed by atoms with Crippen molar-refractivity contribution in [3.05, 3.63) is 12.8 Å². The van der Waals surface area contributed by atoms with Gasteiger partial charge in [-0.2, -0.15) is 0 Å². The van der Waals surface area contributed by atoms with Crippen LogP contribution in [0.15, 0.2) is 22.8 Å². The number of nitrogens with zero attached hydrogens (tertiary/aromatic N) is 2. The first-order chi connectivity index (χ1) is 6.77. The molecule has 2 heteroatoms. The van der Waals surface area contributed by atoms with Crippen molar-refractivity contribution in [3.8, 4) is 0 Å². The molecule has 14 heavy (non-hydrogen) atoms. The zero-order valence-corrected chi connectivity index (χ0v) is 9.24. The van der Waals surface area contributed by atoms with Gasteiger partial charge in [0.05, 0.1) is 0 Å². The highest BCUT2D eigenvalue weighted by Gasteiger charge is 2.21. The van der Waals surface area contributed by atoms with E-state index >= 15 is 0 Å². The molecule has 0 amide bonds. The van der Waals surface area contributed by atoms with Crippen molar-refractivity contribution < 1.29 is 0 Å². The summed E-state index contributed by atoms with van der Waals surface area (Å²) < 4.78 is 0. The van der Waals surface area contributed by atoms with Gasteiger partial charge >= 0.3 is 0 Å². The zero-order valence-electron chi connectivity index (χ0n) is 9.24. The second kappa shape index (κ2) is 5.74. The van der Waals surface area contributed by atoms with E-state index in [9.17, 15) is 0 Å². The summed E-state index contributed by atoms with van der Waals surface area (Å²) in [5.74, 6) is 2.40. The minimum Gasteiger partial charge on any atom is -0.246 e. The Hall–Kier alpha value is -0.920. The first-order valence-electron chi connectivity index (χ1n) is 5.45. The van der Waals surface area contributed by atoms with E-state index in [1.54, 1.807) is 6.20 Å². The van der Waals surface area contributed by atoms with Crippen LogP contribution in [0.5, 0.6) is 0 Å². The second-order valence-electron chi connectivity index (χ2n) is 4.01. The number of hydrogen-bond acceptors (Lipinski definition) is 1. The van der Waals surface area contributed by atoms with Crippen LogP contribution in [0, 0.1) is 11.8 Å². The van der Waals surface area contributed by atoms with E-state index in [0.29, 0.717) is 5.92 Å². The number of amidine groups is 1. The van der Waals surface area contributed by atoms with Gasteiger partial charge in [-0.25, -0.2) is 9.98 Å². The van der Waals surface area contributed by atoms with Gasteiger partial charge in [0.1, 0.15) is 5.84 Å². The topological polar surface area (TPSA) is 24.7 Å². The van der Waals surface area contributed by atoms with Gasteiger partial charge in [0.2, 0.25) is 0 Å². The lowest BCUT2D eigenvalue weighted by atomic mass is 9.82. The molecule has 0 heterocycles. The molecular weight excluding hydrogens is 172 g/mol. The van der Waals surface area contributed by atoms with Crippen molar-refractivity contribution in [2.75, 3.05) is 0 Å². The molecule has 0 atom stereocenters. The number of rotatable bonds is 2. The smallest absolute Gasteiger partial charge is 0.130 e. The third-order valence-electron chi connectivity index (χ3n) is 2.87. The predicted molar refractivity (Wildman–Crippen MR) is 62.9 cm³/mol. The van der Waals surface area contributed by atoms with Crippen LogP contribution in [0.25, 0.3) is 0 Å². The Bertz CT molecular complexity index is 233. The molecule has 1 saturated carbocycles. The van der Waals surface area contributed by atoms with Crippen molar-refractivity contribution in [3.63, 3.8) is 0 Å². The van der Waals surface area contributed by atoms with Gasteiger partial charge in [-0.15, -0.1) is 0 Å². The Morgan fingerprint density at radius 1 is 1.29 bits per heavy atom. The van der Waals surface area contributed by atoms with Gasteiger partial charge in [-0.05, 0) is 25.7 Å². The van der Waals surface area contributed by atoms with Crippen LogP contribution in [0.1, 0.15) is 39.5 Å². The van der Waals surface area contributed by atoms with Crippen molar-refractivity contribution in [1.29, 1.82) is 0 Å². The van der Waals surface area contributed by atoms with Gasteiger partial charge in [-0.3, -0.25) is 0 Å². The third kappa shape index (κ3) is 3.09. The van der Waals surface area contributed by atoms with Crippen LogP contribution in [-0.4, -0.2) is 12.1 Å². The fraction of sp³-hybridized carbons (Fsp3) is 0.667. The molecule has 0 aromatic carbocycles. The molecule has 0 radical (unpaired) electrons. The third-order valence-corrected chi connectivity index (χ3v) is 2.87. The highest BCUT2D eigenvalue weighted by Crippen LogP contribution is 2.29. The summed E-state index contributed by atoms with van der Waals surface area (Å²) in [6, 6.07) is 0.